The van der Waals surface area contributed by atoms with Crippen LogP contribution in [-0.4, -0.2) is 29.9 Å². The molecule has 4 rings (SSSR count). The number of benzene rings is 2. The summed E-state index contributed by atoms with van der Waals surface area (Å²) in [5, 5.41) is 12.8. The number of ketones is 1. The maximum Gasteiger partial charge on any atom is 0.416 e. The molecule has 176 valence electrons. The van der Waals surface area contributed by atoms with E-state index in [0.717, 1.165) is 43.1 Å². The number of carbonyl (C=O) groups excluding carboxylic acids is 1. The SMILES string of the molecule is O=C(O)CC1CC2(CCNCC2)c2c(C(=O)CC(Br)c3ccccc3C(F)(F)F)cccc21. The number of carboxylic acid groups (broad SMARTS) is 1. The number of hydrogen-bond donors (Lipinski definition) is 2. The molecule has 2 N–H and O–H groups in total. The van der Waals surface area contributed by atoms with Crippen LogP contribution in [0.1, 0.15) is 75.5 Å². The molecule has 2 aromatic rings. The second-order valence-corrected chi connectivity index (χ2v) is 10.1. The third kappa shape index (κ3) is 4.73. The first-order chi connectivity index (χ1) is 15.6. The minimum Gasteiger partial charge on any atom is -0.481 e. The number of rotatable bonds is 6. The van der Waals surface area contributed by atoms with Crippen LogP contribution in [0.5, 0.6) is 0 Å². The van der Waals surface area contributed by atoms with Crippen LogP contribution in [0.3, 0.4) is 0 Å². The quantitative estimate of drug-likeness (QED) is 0.360. The molecule has 1 heterocycles. The number of Topliss-reactive ketones (excluding diaryl/α,β-unsaturated/α-hetero) is 1. The van der Waals surface area contributed by atoms with E-state index in [9.17, 15) is 27.9 Å². The van der Waals surface area contributed by atoms with Gasteiger partial charge in [-0.1, -0.05) is 52.3 Å². The fourth-order valence-electron chi connectivity index (χ4n) is 5.58. The topological polar surface area (TPSA) is 66.4 Å². The van der Waals surface area contributed by atoms with Crippen molar-refractivity contribution >= 4 is 27.7 Å². The molecule has 33 heavy (non-hydrogen) atoms. The zero-order valence-corrected chi connectivity index (χ0v) is 19.5. The van der Waals surface area contributed by atoms with Gasteiger partial charge in [-0.3, -0.25) is 9.59 Å². The lowest BCUT2D eigenvalue weighted by Crippen LogP contribution is -2.39. The van der Waals surface area contributed by atoms with Crippen LogP contribution in [-0.2, 0) is 16.4 Å². The van der Waals surface area contributed by atoms with Gasteiger partial charge in [-0.2, -0.15) is 13.2 Å². The van der Waals surface area contributed by atoms with Crippen molar-refractivity contribution in [3.05, 3.63) is 70.3 Å². The molecule has 2 unspecified atom stereocenters. The summed E-state index contributed by atoms with van der Waals surface area (Å²) in [6.45, 7) is 1.56. The van der Waals surface area contributed by atoms with E-state index in [1.807, 2.05) is 6.07 Å². The Morgan fingerprint density at radius 2 is 1.82 bits per heavy atom. The molecule has 1 aliphatic carbocycles. The number of fused-ring (bicyclic) bond motifs is 2. The molecule has 1 aliphatic heterocycles. The Kier molecular flexibility index (Phi) is 6.69. The summed E-state index contributed by atoms with van der Waals surface area (Å²) in [5.74, 6) is -1.29. The number of alkyl halides is 4. The highest BCUT2D eigenvalue weighted by molar-refractivity contribution is 9.09. The molecule has 0 aromatic heterocycles. The molecule has 4 nitrogen and oxygen atoms in total. The van der Waals surface area contributed by atoms with E-state index < -0.39 is 22.5 Å². The Hall–Kier alpha value is -2.19. The predicted molar refractivity (Wildman–Crippen MR) is 122 cm³/mol. The van der Waals surface area contributed by atoms with Gasteiger partial charge in [0, 0.05) is 16.8 Å². The number of nitrogens with one attached hydrogen (secondary N) is 1. The highest BCUT2D eigenvalue weighted by Gasteiger charge is 2.47. The molecule has 1 spiro atoms. The molecule has 2 aliphatic rings. The Labute approximate surface area is 198 Å². The zero-order valence-electron chi connectivity index (χ0n) is 17.9. The highest BCUT2D eigenvalue weighted by atomic mass is 79.9. The molecule has 2 atom stereocenters. The molecule has 1 fully saturated rings. The summed E-state index contributed by atoms with van der Waals surface area (Å²) < 4.78 is 40.4. The van der Waals surface area contributed by atoms with Gasteiger partial charge >= 0.3 is 12.1 Å². The minimum absolute atomic E-state index is 0.000149. The number of piperidine rings is 1. The van der Waals surface area contributed by atoms with E-state index in [0.29, 0.717) is 12.0 Å². The maximum atomic E-state index is 13.5. The summed E-state index contributed by atoms with van der Waals surface area (Å²) in [7, 11) is 0. The van der Waals surface area contributed by atoms with Gasteiger partial charge in [0.25, 0.3) is 0 Å². The lowest BCUT2D eigenvalue weighted by atomic mass is 9.71. The Morgan fingerprint density at radius 1 is 1.12 bits per heavy atom. The molecular formula is C25H25BrF3NO3. The lowest BCUT2D eigenvalue weighted by Gasteiger charge is -2.36. The van der Waals surface area contributed by atoms with Crippen molar-refractivity contribution in [2.75, 3.05) is 13.1 Å². The number of carbonyl (C=O) groups is 2. The average Bonchev–Trinajstić information content (AvgIpc) is 3.05. The molecule has 1 saturated heterocycles. The normalized spacial score (nSPS) is 20.4. The van der Waals surface area contributed by atoms with Crippen LogP contribution < -0.4 is 5.32 Å². The highest BCUT2D eigenvalue weighted by Crippen LogP contribution is 2.53. The summed E-state index contributed by atoms with van der Waals surface area (Å²) in [6, 6.07) is 10.7. The predicted octanol–water partition coefficient (Wildman–Crippen LogP) is 6.00. The van der Waals surface area contributed by atoms with Crippen molar-refractivity contribution in [1.82, 2.24) is 5.32 Å². The third-order valence-electron chi connectivity index (χ3n) is 6.95. The molecule has 0 radical (unpaired) electrons. The van der Waals surface area contributed by atoms with Gasteiger partial charge in [-0.15, -0.1) is 0 Å². The monoisotopic (exact) mass is 523 g/mol. The van der Waals surface area contributed by atoms with Gasteiger partial charge in [0.15, 0.2) is 5.78 Å². The Morgan fingerprint density at radius 3 is 2.48 bits per heavy atom. The van der Waals surface area contributed by atoms with Gasteiger partial charge in [0.05, 0.1) is 12.0 Å². The number of halogens is 4. The average molecular weight is 524 g/mol. The largest absolute Gasteiger partial charge is 0.481 e. The first-order valence-corrected chi connectivity index (χ1v) is 11.9. The second-order valence-electron chi connectivity index (χ2n) is 8.98. The smallest absolute Gasteiger partial charge is 0.416 e. The summed E-state index contributed by atoms with van der Waals surface area (Å²) in [5.41, 5.74) is 1.31. The van der Waals surface area contributed by atoms with Crippen LogP contribution in [0.25, 0.3) is 0 Å². The van der Waals surface area contributed by atoms with Crippen LogP contribution in [0.2, 0.25) is 0 Å². The molecule has 0 bridgehead atoms. The number of carboxylic acids is 1. The lowest BCUT2D eigenvalue weighted by molar-refractivity contribution is -0.138. The van der Waals surface area contributed by atoms with E-state index in [2.05, 4.69) is 21.2 Å². The van der Waals surface area contributed by atoms with Crippen molar-refractivity contribution in [3.8, 4) is 0 Å². The van der Waals surface area contributed by atoms with Crippen molar-refractivity contribution in [1.29, 1.82) is 0 Å². The first-order valence-electron chi connectivity index (χ1n) is 11.0. The van der Waals surface area contributed by atoms with E-state index >= 15 is 0 Å². The number of hydrogen-bond acceptors (Lipinski definition) is 3. The van der Waals surface area contributed by atoms with Gasteiger partial charge in [-0.25, -0.2) is 0 Å². The van der Waals surface area contributed by atoms with Crippen LogP contribution >= 0.6 is 15.9 Å². The Balaban J connectivity index is 1.69. The minimum atomic E-state index is -4.51. The molecule has 8 heteroatoms. The van der Waals surface area contributed by atoms with Gasteiger partial charge in [-0.05, 0) is 66.4 Å². The van der Waals surface area contributed by atoms with Gasteiger partial charge < -0.3 is 10.4 Å². The van der Waals surface area contributed by atoms with E-state index in [1.165, 1.54) is 18.2 Å². The first kappa shape index (κ1) is 24.0. The standard InChI is InChI=1S/C25H25BrF3NO3/c26-20(17-4-1-2-7-19(17)25(27,28)29)13-21(31)18-6-3-5-16-15(12-22(32)33)14-24(23(16)18)8-10-30-11-9-24/h1-7,15,20,30H,8-14H2,(H,32,33). The molecule has 0 saturated carbocycles. The van der Waals surface area contributed by atoms with Crippen molar-refractivity contribution in [2.24, 2.45) is 0 Å². The van der Waals surface area contributed by atoms with Crippen molar-refractivity contribution in [3.63, 3.8) is 0 Å². The van der Waals surface area contributed by atoms with Crippen LogP contribution in [0, 0.1) is 0 Å². The third-order valence-corrected chi connectivity index (χ3v) is 7.77. The second kappa shape index (κ2) is 9.22. The summed E-state index contributed by atoms with van der Waals surface area (Å²) >= 11 is 3.33. The van der Waals surface area contributed by atoms with Gasteiger partial charge in [0.2, 0.25) is 0 Å². The van der Waals surface area contributed by atoms with Crippen molar-refractivity contribution < 1.29 is 27.9 Å². The summed E-state index contributed by atoms with van der Waals surface area (Å²) in [4.78, 5) is 24.2. The fraction of sp³-hybridized carbons (Fsp3) is 0.440. The zero-order chi connectivity index (χ0) is 23.8. The van der Waals surface area contributed by atoms with E-state index in [4.69, 9.17) is 0 Å². The van der Waals surface area contributed by atoms with Crippen molar-refractivity contribution in [2.45, 2.75) is 54.4 Å². The molecule has 2 aromatic carbocycles. The van der Waals surface area contributed by atoms with Gasteiger partial charge in [0.1, 0.15) is 0 Å². The molecule has 0 amide bonds. The molecular weight excluding hydrogens is 499 g/mol. The maximum absolute atomic E-state index is 13.5. The number of aliphatic carboxylic acids is 1. The van der Waals surface area contributed by atoms with E-state index in [-0.39, 0.29) is 35.5 Å². The fourth-order valence-corrected chi connectivity index (χ4v) is 6.27. The Bertz CT molecular complexity index is 1060. The van der Waals surface area contributed by atoms with Crippen LogP contribution in [0.4, 0.5) is 13.2 Å². The van der Waals surface area contributed by atoms with Crippen LogP contribution in [0.15, 0.2) is 42.5 Å². The summed E-state index contributed by atoms with van der Waals surface area (Å²) in [6.07, 6.45) is -2.36. The van der Waals surface area contributed by atoms with E-state index in [1.54, 1.807) is 12.1 Å².